The van der Waals surface area contributed by atoms with E-state index in [4.69, 9.17) is 10.7 Å². The molecule has 2 aromatic carbocycles. The number of aromatic nitrogens is 2. The molecule has 2 aliphatic rings. The number of benzene rings is 2. The van der Waals surface area contributed by atoms with E-state index in [9.17, 15) is 0 Å². The maximum Gasteiger partial charge on any atom is 0.219 e. The molecule has 2 N–H and O–H groups in total. The topological polar surface area (TPSA) is 64.2 Å². The van der Waals surface area contributed by atoms with Crippen molar-refractivity contribution in [1.29, 1.82) is 0 Å². The molecule has 0 bridgehead atoms. The number of aliphatic imine (C=N–C) groups is 1. The first-order valence-corrected chi connectivity index (χ1v) is 9.09. The van der Waals surface area contributed by atoms with Crippen molar-refractivity contribution in [2.45, 2.75) is 31.1 Å². The highest BCUT2D eigenvalue weighted by atomic mass is 15.0. The summed E-state index contributed by atoms with van der Waals surface area (Å²) in [6, 6.07) is 17.3. The van der Waals surface area contributed by atoms with Gasteiger partial charge < -0.3 is 5.73 Å². The average Bonchev–Trinajstić information content (AvgIpc) is 3.06. The van der Waals surface area contributed by atoms with Crippen LogP contribution in [0, 0.1) is 0 Å². The molecule has 5 rings (SSSR count). The minimum Gasteiger partial charge on any atom is -0.368 e. The summed E-state index contributed by atoms with van der Waals surface area (Å²) < 4.78 is 0. The summed E-state index contributed by atoms with van der Waals surface area (Å²) in [6.45, 7) is 0. The lowest BCUT2D eigenvalue weighted by atomic mass is 9.61. The number of nitrogen functional groups attached to an aromatic ring is 1. The molecule has 1 fully saturated rings. The standard InChI is InChI=1S/C22H20N4/c23-21-24-13-17(14-25-21)15-6-8-18(9-7-15)22(10-3-11-22)20-12-16-4-1-2-5-19(16)26-20/h1-2,4-9,13-14H,3,10-12H2,(H2,23,24,25). The van der Waals surface area contributed by atoms with Crippen LogP contribution >= 0.6 is 0 Å². The number of fused-ring (bicyclic) bond motifs is 1. The number of para-hydroxylation sites is 1. The number of hydrogen-bond donors (Lipinski definition) is 1. The Balaban J connectivity index is 1.48. The molecule has 128 valence electrons. The van der Waals surface area contributed by atoms with Crippen molar-refractivity contribution in [1.82, 2.24) is 9.97 Å². The molecule has 0 atom stereocenters. The summed E-state index contributed by atoms with van der Waals surface area (Å²) in [7, 11) is 0. The quantitative estimate of drug-likeness (QED) is 0.765. The van der Waals surface area contributed by atoms with Gasteiger partial charge in [-0.2, -0.15) is 0 Å². The first-order valence-electron chi connectivity index (χ1n) is 9.09. The molecule has 1 aromatic heterocycles. The lowest BCUT2D eigenvalue weighted by Crippen LogP contribution is -2.42. The molecular formula is C22H20N4. The number of nitrogens with two attached hydrogens (primary N) is 1. The molecule has 0 amide bonds. The average molecular weight is 340 g/mol. The maximum absolute atomic E-state index is 5.58. The molecule has 0 unspecified atom stereocenters. The third-order valence-corrected chi connectivity index (χ3v) is 5.81. The van der Waals surface area contributed by atoms with Crippen molar-refractivity contribution in [2.75, 3.05) is 5.73 Å². The summed E-state index contributed by atoms with van der Waals surface area (Å²) in [6.07, 6.45) is 8.16. The van der Waals surface area contributed by atoms with Crippen LogP contribution in [0.15, 0.2) is 65.9 Å². The SMILES string of the molecule is Nc1ncc(-c2ccc(C3(C4=Nc5ccccc5C4)CCC3)cc2)cn1. The van der Waals surface area contributed by atoms with Crippen LogP contribution in [0.3, 0.4) is 0 Å². The first kappa shape index (κ1) is 15.3. The van der Waals surface area contributed by atoms with Gasteiger partial charge >= 0.3 is 0 Å². The predicted molar refractivity (Wildman–Crippen MR) is 105 cm³/mol. The molecule has 4 heteroatoms. The second kappa shape index (κ2) is 5.77. The third-order valence-electron chi connectivity index (χ3n) is 5.81. The van der Waals surface area contributed by atoms with Crippen molar-refractivity contribution in [2.24, 2.45) is 4.99 Å². The maximum atomic E-state index is 5.58. The Morgan fingerprint density at radius 1 is 0.846 bits per heavy atom. The van der Waals surface area contributed by atoms with E-state index in [1.54, 1.807) is 12.4 Å². The fraction of sp³-hybridized carbons (Fsp3) is 0.227. The van der Waals surface area contributed by atoms with E-state index in [0.717, 1.165) is 23.2 Å². The summed E-state index contributed by atoms with van der Waals surface area (Å²) in [4.78, 5) is 13.2. The Morgan fingerprint density at radius 3 is 2.23 bits per heavy atom. The highest BCUT2D eigenvalue weighted by Gasteiger charge is 2.44. The second-order valence-electron chi connectivity index (χ2n) is 7.21. The zero-order valence-electron chi connectivity index (χ0n) is 14.5. The van der Waals surface area contributed by atoms with Crippen LogP contribution in [-0.4, -0.2) is 15.7 Å². The van der Waals surface area contributed by atoms with Crippen molar-refractivity contribution < 1.29 is 0 Å². The zero-order valence-corrected chi connectivity index (χ0v) is 14.5. The van der Waals surface area contributed by atoms with E-state index < -0.39 is 0 Å². The number of anilines is 1. The van der Waals surface area contributed by atoms with Gasteiger partial charge in [-0.3, -0.25) is 4.99 Å². The van der Waals surface area contributed by atoms with Crippen molar-refractivity contribution in [3.05, 3.63) is 72.1 Å². The molecule has 0 spiro atoms. The predicted octanol–water partition coefficient (Wildman–Crippen LogP) is 4.48. The minimum atomic E-state index is 0.106. The molecule has 1 aliphatic carbocycles. The van der Waals surface area contributed by atoms with Gasteiger partial charge in [-0.1, -0.05) is 48.9 Å². The molecule has 0 saturated heterocycles. The molecule has 3 aromatic rings. The smallest absolute Gasteiger partial charge is 0.219 e. The van der Waals surface area contributed by atoms with Crippen LogP contribution < -0.4 is 5.73 Å². The van der Waals surface area contributed by atoms with Gasteiger partial charge in [0.1, 0.15) is 0 Å². The highest BCUT2D eigenvalue weighted by Crippen LogP contribution is 2.48. The minimum absolute atomic E-state index is 0.106. The lowest BCUT2D eigenvalue weighted by Gasteiger charge is -2.43. The Bertz CT molecular complexity index is 983. The molecule has 4 nitrogen and oxygen atoms in total. The number of nitrogens with zero attached hydrogens (tertiary/aromatic N) is 3. The van der Waals surface area contributed by atoms with Gasteiger partial charge in [0.2, 0.25) is 5.95 Å². The van der Waals surface area contributed by atoms with E-state index in [2.05, 4.69) is 58.5 Å². The normalized spacial score (nSPS) is 17.3. The lowest BCUT2D eigenvalue weighted by molar-refractivity contribution is 0.338. The number of rotatable bonds is 3. The fourth-order valence-electron chi connectivity index (χ4n) is 4.15. The van der Waals surface area contributed by atoms with E-state index in [-0.39, 0.29) is 5.41 Å². The van der Waals surface area contributed by atoms with Crippen LogP contribution in [0.1, 0.15) is 30.4 Å². The molecule has 26 heavy (non-hydrogen) atoms. The summed E-state index contributed by atoms with van der Waals surface area (Å²) in [5.41, 5.74) is 13.0. The van der Waals surface area contributed by atoms with E-state index in [1.807, 2.05) is 0 Å². The third kappa shape index (κ3) is 2.33. The Kier molecular flexibility index (Phi) is 3.38. The van der Waals surface area contributed by atoms with Gasteiger partial charge in [-0.15, -0.1) is 0 Å². The monoisotopic (exact) mass is 340 g/mol. The van der Waals surface area contributed by atoms with E-state index in [1.165, 1.54) is 36.1 Å². The van der Waals surface area contributed by atoms with Gasteiger partial charge in [-0.05, 0) is 35.6 Å². The summed E-state index contributed by atoms with van der Waals surface area (Å²) in [5.74, 6) is 0.303. The Labute approximate surface area is 152 Å². The molecule has 1 saturated carbocycles. The fourth-order valence-corrected chi connectivity index (χ4v) is 4.15. The van der Waals surface area contributed by atoms with Gasteiger partial charge in [0.05, 0.1) is 5.69 Å². The zero-order chi connectivity index (χ0) is 17.6. The van der Waals surface area contributed by atoms with Crippen LogP contribution in [0.25, 0.3) is 11.1 Å². The Hall–Kier alpha value is -3.01. The molecular weight excluding hydrogens is 320 g/mol. The molecule has 2 heterocycles. The van der Waals surface area contributed by atoms with Crippen molar-refractivity contribution in [3.63, 3.8) is 0 Å². The van der Waals surface area contributed by atoms with Crippen LogP contribution in [-0.2, 0) is 11.8 Å². The summed E-state index contributed by atoms with van der Waals surface area (Å²) >= 11 is 0. The number of hydrogen-bond acceptors (Lipinski definition) is 4. The molecule has 0 radical (unpaired) electrons. The van der Waals surface area contributed by atoms with Gasteiger partial charge in [-0.25, -0.2) is 9.97 Å². The Morgan fingerprint density at radius 2 is 1.58 bits per heavy atom. The van der Waals surface area contributed by atoms with Crippen LogP contribution in [0.4, 0.5) is 11.6 Å². The van der Waals surface area contributed by atoms with Gasteiger partial charge in [0.15, 0.2) is 0 Å². The highest BCUT2D eigenvalue weighted by molar-refractivity contribution is 6.02. The van der Waals surface area contributed by atoms with Crippen molar-refractivity contribution >= 4 is 17.3 Å². The largest absolute Gasteiger partial charge is 0.368 e. The van der Waals surface area contributed by atoms with Crippen molar-refractivity contribution in [3.8, 4) is 11.1 Å². The first-order chi connectivity index (χ1) is 12.7. The van der Waals surface area contributed by atoms with E-state index >= 15 is 0 Å². The molecule has 1 aliphatic heterocycles. The second-order valence-corrected chi connectivity index (χ2v) is 7.21. The summed E-state index contributed by atoms with van der Waals surface area (Å²) in [5, 5.41) is 0. The van der Waals surface area contributed by atoms with Gasteiger partial charge in [0.25, 0.3) is 0 Å². The van der Waals surface area contributed by atoms with Crippen LogP contribution in [0.5, 0.6) is 0 Å². The van der Waals surface area contributed by atoms with E-state index in [0.29, 0.717) is 5.95 Å². The van der Waals surface area contributed by atoms with Crippen LogP contribution in [0.2, 0.25) is 0 Å². The van der Waals surface area contributed by atoms with Gasteiger partial charge in [0, 0.05) is 35.5 Å².